The molecule has 0 atom stereocenters. The van der Waals surface area contributed by atoms with E-state index >= 15 is 0 Å². The Morgan fingerprint density at radius 3 is 2.94 bits per heavy atom. The van der Waals surface area contributed by atoms with Gasteiger partial charge in [-0.15, -0.1) is 0 Å². The van der Waals surface area contributed by atoms with E-state index in [2.05, 4.69) is 4.98 Å². The van der Waals surface area contributed by atoms with Crippen molar-refractivity contribution >= 4 is 5.97 Å². The number of nitrogens with zero attached hydrogens (tertiary/aromatic N) is 1. The smallest absolute Gasteiger partial charge is 0.312 e. The molecule has 0 amide bonds. The van der Waals surface area contributed by atoms with Crippen LogP contribution in [0.15, 0.2) is 24.5 Å². The summed E-state index contributed by atoms with van der Waals surface area (Å²) in [7, 11) is 0. The van der Waals surface area contributed by atoms with Gasteiger partial charge in [0, 0.05) is 12.4 Å². The van der Waals surface area contributed by atoms with Crippen LogP contribution in [0.4, 0.5) is 0 Å². The normalized spacial score (nSPS) is 16.8. The van der Waals surface area contributed by atoms with Crippen molar-refractivity contribution in [3.05, 3.63) is 30.1 Å². The molecule has 2 rings (SSSR count). The molecular formula is C13H17NO2. The number of ether oxygens (including phenoxy) is 1. The van der Waals surface area contributed by atoms with Gasteiger partial charge in [-0.2, -0.15) is 0 Å². The summed E-state index contributed by atoms with van der Waals surface area (Å²) < 4.78 is 5.10. The number of aromatic nitrogens is 1. The zero-order valence-corrected chi connectivity index (χ0v) is 9.61. The third kappa shape index (κ3) is 2.40. The summed E-state index contributed by atoms with van der Waals surface area (Å²) >= 11 is 0. The highest BCUT2D eigenvalue weighted by Crippen LogP contribution is 2.50. The summed E-state index contributed by atoms with van der Waals surface area (Å²) in [5.41, 5.74) is 1.02. The minimum atomic E-state index is -0.175. The zero-order chi connectivity index (χ0) is 11.4. The second-order valence-electron chi connectivity index (χ2n) is 4.36. The molecule has 0 unspecified atom stereocenters. The predicted octanol–water partition coefficient (Wildman–Crippen LogP) is 2.36. The zero-order valence-electron chi connectivity index (χ0n) is 9.61. The Morgan fingerprint density at radius 2 is 2.38 bits per heavy atom. The summed E-state index contributed by atoms with van der Waals surface area (Å²) in [5, 5.41) is 0. The van der Waals surface area contributed by atoms with E-state index in [1.807, 2.05) is 25.3 Å². The van der Waals surface area contributed by atoms with Crippen LogP contribution in [0.5, 0.6) is 0 Å². The van der Waals surface area contributed by atoms with Crippen LogP contribution >= 0.6 is 0 Å². The third-order valence-electron chi connectivity index (χ3n) is 3.18. The molecule has 0 aliphatic heterocycles. The topological polar surface area (TPSA) is 39.2 Å². The monoisotopic (exact) mass is 219 g/mol. The SMILES string of the molecule is CCOC(=O)C1(CCc2cccnc2)CC1. The Kier molecular flexibility index (Phi) is 3.22. The van der Waals surface area contributed by atoms with Gasteiger partial charge in [0.05, 0.1) is 12.0 Å². The molecule has 0 N–H and O–H groups in total. The van der Waals surface area contributed by atoms with Crippen molar-refractivity contribution in [1.82, 2.24) is 4.98 Å². The molecule has 1 aromatic heterocycles. The van der Waals surface area contributed by atoms with Crippen LogP contribution in [0.3, 0.4) is 0 Å². The van der Waals surface area contributed by atoms with Gasteiger partial charge in [0.2, 0.25) is 0 Å². The first-order valence-corrected chi connectivity index (χ1v) is 5.83. The second-order valence-corrected chi connectivity index (χ2v) is 4.36. The maximum atomic E-state index is 11.7. The van der Waals surface area contributed by atoms with Crippen LogP contribution in [0.2, 0.25) is 0 Å². The molecule has 1 aliphatic rings. The lowest BCUT2D eigenvalue weighted by Gasteiger charge is -2.13. The summed E-state index contributed by atoms with van der Waals surface area (Å²) in [6, 6.07) is 3.98. The van der Waals surface area contributed by atoms with Crippen LogP contribution in [-0.4, -0.2) is 17.6 Å². The number of hydrogen-bond acceptors (Lipinski definition) is 3. The highest BCUT2D eigenvalue weighted by atomic mass is 16.5. The van der Waals surface area contributed by atoms with Gasteiger partial charge in [0.1, 0.15) is 0 Å². The van der Waals surface area contributed by atoms with E-state index < -0.39 is 0 Å². The predicted molar refractivity (Wildman–Crippen MR) is 60.9 cm³/mol. The van der Waals surface area contributed by atoms with Crippen molar-refractivity contribution in [3.8, 4) is 0 Å². The molecule has 0 saturated heterocycles. The molecule has 1 fully saturated rings. The second kappa shape index (κ2) is 4.64. The van der Waals surface area contributed by atoms with E-state index in [0.29, 0.717) is 6.61 Å². The summed E-state index contributed by atoms with van der Waals surface area (Å²) in [4.78, 5) is 15.8. The molecule has 1 aromatic rings. The van der Waals surface area contributed by atoms with Crippen LogP contribution in [0.25, 0.3) is 0 Å². The lowest BCUT2D eigenvalue weighted by molar-refractivity contribution is -0.149. The highest BCUT2D eigenvalue weighted by molar-refractivity contribution is 5.79. The average Bonchev–Trinajstić information content (AvgIpc) is 3.09. The maximum absolute atomic E-state index is 11.7. The van der Waals surface area contributed by atoms with Crippen molar-refractivity contribution in [1.29, 1.82) is 0 Å². The van der Waals surface area contributed by atoms with Crippen molar-refractivity contribution < 1.29 is 9.53 Å². The highest BCUT2D eigenvalue weighted by Gasteiger charge is 2.50. The number of carbonyl (C=O) groups is 1. The molecule has 0 radical (unpaired) electrons. The summed E-state index contributed by atoms with van der Waals surface area (Å²) in [6.45, 7) is 2.34. The van der Waals surface area contributed by atoms with Crippen molar-refractivity contribution in [3.63, 3.8) is 0 Å². The van der Waals surface area contributed by atoms with E-state index in [1.54, 1.807) is 6.20 Å². The minimum absolute atomic E-state index is 0.0149. The molecule has 3 nitrogen and oxygen atoms in total. The molecular weight excluding hydrogens is 202 g/mol. The first-order chi connectivity index (χ1) is 7.77. The van der Waals surface area contributed by atoms with E-state index in [0.717, 1.165) is 25.7 Å². The van der Waals surface area contributed by atoms with Gasteiger partial charge >= 0.3 is 5.97 Å². The molecule has 3 heteroatoms. The first-order valence-electron chi connectivity index (χ1n) is 5.83. The van der Waals surface area contributed by atoms with Gasteiger partial charge in [-0.3, -0.25) is 9.78 Å². The molecule has 0 aromatic carbocycles. The van der Waals surface area contributed by atoms with Crippen molar-refractivity contribution in [2.45, 2.75) is 32.6 Å². The largest absolute Gasteiger partial charge is 0.466 e. The molecule has 1 saturated carbocycles. The fourth-order valence-corrected chi connectivity index (χ4v) is 1.92. The van der Waals surface area contributed by atoms with Gasteiger partial charge in [0.15, 0.2) is 0 Å². The van der Waals surface area contributed by atoms with Gasteiger partial charge in [-0.25, -0.2) is 0 Å². The lowest BCUT2D eigenvalue weighted by Crippen LogP contribution is -2.19. The summed E-state index contributed by atoms with van der Waals surface area (Å²) in [5.74, 6) is -0.0149. The van der Waals surface area contributed by atoms with Gasteiger partial charge in [0.25, 0.3) is 0 Å². The third-order valence-corrected chi connectivity index (χ3v) is 3.18. The van der Waals surface area contributed by atoms with Crippen LogP contribution in [-0.2, 0) is 16.0 Å². The van der Waals surface area contributed by atoms with Crippen LogP contribution in [0, 0.1) is 5.41 Å². The number of carbonyl (C=O) groups excluding carboxylic acids is 1. The molecule has 0 spiro atoms. The fourth-order valence-electron chi connectivity index (χ4n) is 1.92. The van der Waals surface area contributed by atoms with Crippen molar-refractivity contribution in [2.75, 3.05) is 6.61 Å². The van der Waals surface area contributed by atoms with Gasteiger partial charge in [-0.05, 0) is 44.2 Å². The Morgan fingerprint density at radius 1 is 1.56 bits per heavy atom. The number of esters is 1. The Balaban J connectivity index is 1.88. The van der Waals surface area contributed by atoms with E-state index in [1.165, 1.54) is 5.56 Å². The molecule has 0 bridgehead atoms. The molecule has 86 valence electrons. The van der Waals surface area contributed by atoms with E-state index in [9.17, 15) is 4.79 Å². The Bertz CT molecular complexity index is 357. The molecule has 1 heterocycles. The Hall–Kier alpha value is -1.38. The molecule has 16 heavy (non-hydrogen) atoms. The van der Waals surface area contributed by atoms with E-state index in [4.69, 9.17) is 4.74 Å². The fraction of sp³-hybridized carbons (Fsp3) is 0.538. The van der Waals surface area contributed by atoms with Crippen LogP contribution in [0.1, 0.15) is 31.7 Å². The Labute approximate surface area is 95.8 Å². The number of aryl methyl sites for hydroxylation is 1. The maximum Gasteiger partial charge on any atom is 0.312 e. The number of pyridine rings is 1. The average molecular weight is 219 g/mol. The quantitative estimate of drug-likeness (QED) is 0.714. The van der Waals surface area contributed by atoms with Gasteiger partial charge < -0.3 is 4.74 Å². The number of rotatable bonds is 5. The van der Waals surface area contributed by atoms with Crippen LogP contribution < -0.4 is 0 Å². The standard InChI is InChI=1S/C13H17NO2/c1-2-16-12(15)13(7-8-13)6-5-11-4-3-9-14-10-11/h3-4,9-10H,2,5-8H2,1H3. The first kappa shape index (κ1) is 11.1. The van der Waals surface area contributed by atoms with E-state index in [-0.39, 0.29) is 11.4 Å². The minimum Gasteiger partial charge on any atom is -0.466 e. The molecule has 1 aliphatic carbocycles. The van der Waals surface area contributed by atoms with Crippen molar-refractivity contribution in [2.24, 2.45) is 5.41 Å². The lowest BCUT2D eigenvalue weighted by atomic mass is 9.98. The number of hydrogen-bond donors (Lipinski definition) is 0. The summed E-state index contributed by atoms with van der Waals surface area (Å²) in [6.07, 6.45) is 7.38. The van der Waals surface area contributed by atoms with Gasteiger partial charge in [-0.1, -0.05) is 6.07 Å².